The molecule has 0 saturated carbocycles. The Balaban J connectivity index is 1.79. The molecule has 102 valence electrons. The zero-order chi connectivity index (χ0) is 13.9. The van der Waals surface area contributed by atoms with Crippen LogP contribution in [0.5, 0.6) is 0 Å². The average Bonchev–Trinajstić information content (AvgIpc) is 3.07. The van der Waals surface area contributed by atoms with Crippen LogP contribution < -0.4 is 5.32 Å². The lowest BCUT2D eigenvalue weighted by Gasteiger charge is -2.05. The number of imidazole rings is 1. The van der Waals surface area contributed by atoms with E-state index in [9.17, 15) is 0 Å². The van der Waals surface area contributed by atoms with E-state index in [1.807, 2.05) is 13.1 Å². The third-order valence-electron chi connectivity index (χ3n) is 2.42. The van der Waals surface area contributed by atoms with Crippen LogP contribution >= 0.6 is 22.9 Å². The van der Waals surface area contributed by atoms with Crippen molar-refractivity contribution in [3.63, 3.8) is 0 Å². The summed E-state index contributed by atoms with van der Waals surface area (Å²) in [5.41, 5.74) is 0. The fourth-order valence-electron chi connectivity index (χ4n) is 1.56. The van der Waals surface area contributed by atoms with Gasteiger partial charge in [0.15, 0.2) is 0 Å². The SMILES string of the molecule is Cc1ncc(CNc2nc(Cl)nc(-n3ccnc3)n2)s1. The van der Waals surface area contributed by atoms with E-state index in [4.69, 9.17) is 11.6 Å². The highest BCUT2D eigenvalue weighted by atomic mass is 35.5. The third-order valence-corrected chi connectivity index (χ3v) is 3.50. The van der Waals surface area contributed by atoms with Gasteiger partial charge in [-0.05, 0) is 18.5 Å². The molecule has 0 unspecified atom stereocenters. The molecule has 3 aromatic heterocycles. The molecule has 0 aliphatic heterocycles. The van der Waals surface area contributed by atoms with Crippen LogP contribution in [-0.2, 0) is 6.54 Å². The van der Waals surface area contributed by atoms with E-state index in [1.54, 1.807) is 34.6 Å². The van der Waals surface area contributed by atoms with Gasteiger partial charge in [0.1, 0.15) is 6.33 Å². The molecule has 3 heterocycles. The van der Waals surface area contributed by atoms with Gasteiger partial charge in [0.25, 0.3) is 0 Å². The van der Waals surface area contributed by atoms with E-state index >= 15 is 0 Å². The maximum absolute atomic E-state index is 5.91. The number of hydrogen-bond acceptors (Lipinski definition) is 7. The normalized spacial score (nSPS) is 10.7. The minimum absolute atomic E-state index is 0.131. The van der Waals surface area contributed by atoms with Crippen LogP contribution in [0.25, 0.3) is 5.95 Å². The molecule has 9 heteroatoms. The number of nitrogens with zero attached hydrogens (tertiary/aromatic N) is 6. The minimum Gasteiger partial charge on any atom is -0.349 e. The van der Waals surface area contributed by atoms with Crippen molar-refractivity contribution in [1.29, 1.82) is 0 Å². The topological polar surface area (TPSA) is 81.4 Å². The van der Waals surface area contributed by atoms with Gasteiger partial charge in [-0.1, -0.05) is 0 Å². The molecule has 1 N–H and O–H groups in total. The fraction of sp³-hybridized carbons (Fsp3) is 0.182. The maximum atomic E-state index is 5.91. The molecular formula is C11H10ClN7S. The molecule has 0 atom stereocenters. The van der Waals surface area contributed by atoms with E-state index in [-0.39, 0.29) is 5.28 Å². The first kappa shape index (κ1) is 12.9. The molecule has 0 fully saturated rings. The van der Waals surface area contributed by atoms with Gasteiger partial charge in [0, 0.05) is 23.5 Å². The fourth-order valence-corrected chi connectivity index (χ4v) is 2.46. The summed E-state index contributed by atoms with van der Waals surface area (Å²) in [5, 5.41) is 4.26. The zero-order valence-corrected chi connectivity index (χ0v) is 12.1. The van der Waals surface area contributed by atoms with E-state index in [0.29, 0.717) is 18.4 Å². The molecule has 7 nitrogen and oxygen atoms in total. The highest BCUT2D eigenvalue weighted by molar-refractivity contribution is 7.11. The van der Waals surface area contributed by atoms with Crippen molar-refractivity contribution in [3.8, 4) is 5.95 Å². The molecule has 3 aromatic rings. The van der Waals surface area contributed by atoms with Gasteiger partial charge >= 0.3 is 0 Å². The van der Waals surface area contributed by atoms with Gasteiger partial charge in [-0.15, -0.1) is 11.3 Å². The van der Waals surface area contributed by atoms with Crippen molar-refractivity contribution in [2.24, 2.45) is 0 Å². The Morgan fingerprint density at radius 1 is 1.35 bits per heavy atom. The van der Waals surface area contributed by atoms with Gasteiger partial charge in [0.05, 0.1) is 11.6 Å². The lowest BCUT2D eigenvalue weighted by atomic mass is 10.5. The monoisotopic (exact) mass is 307 g/mol. The summed E-state index contributed by atoms with van der Waals surface area (Å²) in [7, 11) is 0. The second-order valence-electron chi connectivity index (χ2n) is 3.90. The Kier molecular flexibility index (Phi) is 3.57. The van der Waals surface area contributed by atoms with Crippen LogP contribution in [-0.4, -0.2) is 29.5 Å². The number of hydrogen-bond donors (Lipinski definition) is 1. The molecule has 0 aliphatic carbocycles. The van der Waals surface area contributed by atoms with Gasteiger partial charge in [0.2, 0.25) is 17.2 Å². The average molecular weight is 308 g/mol. The summed E-state index contributed by atoms with van der Waals surface area (Å²) >= 11 is 7.53. The summed E-state index contributed by atoms with van der Waals surface area (Å²) in [4.78, 5) is 21.6. The minimum atomic E-state index is 0.131. The van der Waals surface area contributed by atoms with Crippen molar-refractivity contribution in [2.75, 3.05) is 5.32 Å². The van der Waals surface area contributed by atoms with Crippen molar-refractivity contribution >= 4 is 28.9 Å². The Hall–Kier alpha value is -2.06. The lowest BCUT2D eigenvalue weighted by Crippen LogP contribution is -2.07. The number of thiazole rings is 1. The molecular weight excluding hydrogens is 298 g/mol. The summed E-state index contributed by atoms with van der Waals surface area (Å²) in [6.07, 6.45) is 6.81. The molecule has 3 rings (SSSR count). The van der Waals surface area contributed by atoms with Crippen LogP contribution in [0.4, 0.5) is 5.95 Å². The summed E-state index contributed by atoms with van der Waals surface area (Å²) < 4.78 is 1.66. The van der Waals surface area contributed by atoms with Gasteiger partial charge < -0.3 is 5.32 Å². The third kappa shape index (κ3) is 2.91. The summed E-state index contributed by atoms with van der Waals surface area (Å²) in [6.45, 7) is 2.56. The highest BCUT2D eigenvalue weighted by Gasteiger charge is 2.07. The molecule has 0 radical (unpaired) electrons. The standard InChI is InChI=1S/C11H10ClN7S/c1-7-14-4-8(20-7)5-15-10-16-9(12)17-11(18-10)19-3-2-13-6-19/h2-4,6H,5H2,1H3,(H,15,16,17,18). The molecule has 0 amide bonds. The molecule has 0 bridgehead atoms. The van der Waals surface area contributed by atoms with E-state index in [1.165, 1.54) is 0 Å². The first-order chi connectivity index (χ1) is 9.70. The summed E-state index contributed by atoms with van der Waals surface area (Å²) in [5.74, 6) is 0.838. The number of aromatic nitrogens is 6. The highest BCUT2D eigenvalue weighted by Crippen LogP contribution is 2.14. The first-order valence-electron chi connectivity index (χ1n) is 5.76. The van der Waals surface area contributed by atoms with Crippen LogP contribution in [0, 0.1) is 6.92 Å². The van der Waals surface area contributed by atoms with Crippen LogP contribution in [0.3, 0.4) is 0 Å². The van der Waals surface area contributed by atoms with Crippen molar-refractivity contribution < 1.29 is 0 Å². The predicted molar refractivity (Wildman–Crippen MR) is 76.1 cm³/mol. The second-order valence-corrected chi connectivity index (χ2v) is 5.55. The van der Waals surface area contributed by atoms with Crippen LogP contribution in [0.15, 0.2) is 24.9 Å². The molecule has 0 saturated heterocycles. The van der Waals surface area contributed by atoms with Gasteiger partial charge in [-0.2, -0.15) is 15.0 Å². The second kappa shape index (κ2) is 5.51. The number of anilines is 1. The Bertz CT molecular complexity index is 709. The van der Waals surface area contributed by atoms with E-state index in [0.717, 1.165) is 9.88 Å². The largest absolute Gasteiger partial charge is 0.349 e. The Morgan fingerprint density at radius 2 is 2.25 bits per heavy atom. The van der Waals surface area contributed by atoms with Crippen molar-refractivity contribution in [2.45, 2.75) is 13.5 Å². The first-order valence-corrected chi connectivity index (χ1v) is 6.95. The van der Waals surface area contributed by atoms with Crippen LogP contribution in [0.2, 0.25) is 5.28 Å². The number of halogens is 1. The predicted octanol–water partition coefficient (Wildman–Crippen LogP) is 2.09. The Labute approximate surface area is 123 Å². The number of rotatable bonds is 4. The number of nitrogens with one attached hydrogen (secondary N) is 1. The molecule has 20 heavy (non-hydrogen) atoms. The van der Waals surface area contributed by atoms with E-state index in [2.05, 4.69) is 30.2 Å². The Morgan fingerprint density at radius 3 is 2.95 bits per heavy atom. The van der Waals surface area contributed by atoms with Gasteiger partial charge in [-0.25, -0.2) is 9.97 Å². The van der Waals surface area contributed by atoms with E-state index < -0.39 is 0 Å². The molecule has 0 spiro atoms. The zero-order valence-electron chi connectivity index (χ0n) is 10.5. The summed E-state index contributed by atoms with van der Waals surface area (Å²) in [6, 6.07) is 0. The molecule has 0 aromatic carbocycles. The lowest BCUT2D eigenvalue weighted by molar-refractivity contribution is 0.889. The smallest absolute Gasteiger partial charge is 0.241 e. The van der Waals surface area contributed by atoms with Crippen LogP contribution in [0.1, 0.15) is 9.88 Å². The van der Waals surface area contributed by atoms with Crippen molar-refractivity contribution in [1.82, 2.24) is 29.5 Å². The van der Waals surface area contributed by atoms with Gasteiger partial charge in [-0.3, -0.25) is 4.57 Å². The molecule has 0 aliphatic rings. The van der Waals surface area contributed by atoms with Crippen molar-refractivity contribution in [3.05, 3.63) is 40.1 Å². The maximum Gasteiger partial charge on any atom is 0.241 e. The quantitative estimate of drug-likeness (QED) is 0.795. The number of aryl methyl sites for hydroxylation is 1.